The molecule has 4 aromatic rings. The van der Waals surface area contributed by atoms with Crippen LogP contribution in [0.2, 0.25) is 0 Å². The van der Waals surface area contributed by atoms with Crippen molar-refractivity contribution in [2.24, 2.45) is 0 Å². The van der Waals surface area contributed by atoms with E-state index in [2.05, 4.69) is 0 Å². The lowest BCUT2D eigenvalue weighted by atomic mass is 9.84. The monoisotopic (exact) mass is 444 g/mol. The third-order valence-electron chi connectivity index (χ3n) is 5.64. The summed E-state index contributed by atoms with van der Waals surface area (Å²) >= 11 is 0. The summed E-state index contributed by atoms with van der Waals surface area (Å²) in [5.74, 6) is -2.27. The Labute approximate surface area is 185 Å². The molecule has 0 amide bonds. The Kier molecular flexibility index (Phi) is 4.63. The summed E-state index contributed by atoms with van der Waals surface area (Å²) in [7, 11) is 0. The molecular formula is C25H16O8. The summed E-state index contributed by atoms with van der Waals surface area (Å²) in [6.07, 6.45) is -0.0631. The molecule has 1 aromatic heterocycles. The second-order valence-electron chi connectivity index (χ2n) is 7.69. The van der Waals surface area contributed by atoms with Gasteiger partial charge in [0.05, 0.1) is 12.0 Å². The molecule has 0 spiro atoms. The number of fused-ring (bicyclic) bond motifs is 3. The summed E-state index contributed by atoms with van der Waals surface area (Å²) in [5, 5.41) is 29.2. The second-order valence-corrected chi connectivity index (χ2v) is 7.69. The van der Waals surface area contributed by atoms with Gasteiger partial charge in [0.1, 0.15) is 34.0 Å². The topological polar surface area (TPSA) is 134 Å². The van der Waals surface area contributed by atoms with Crippen molar-refractivity contribution in [1.29, 1.82) is 0 Å². The van der Waals surface area contributed by atoms with E-state index in [4.69, 9.17) is 9.15 Å². The summed E-state index contributed by atoms with van der Waals surface area (Å²) in [5.41, 5.74) is 1.23. The lowest BCUT2D eigenvalue weighted by Crippen LogP contribution is -2.22. The molecule has 1 atom stereocenters. The van der Waals surface area contributed by atoms with Gasteiger partial charge in [-0.1, -0.05) is 12.1 Å². The molecule has 2 heterocycles. The Morgan fingerprint density at radius 3 is 2.30 bits per heavy atom. The van der Waals surface area contributed by atoms with Gasteiger partial charge in [-0.2, -0.15) is 0 Å². The molecule has 164 valence electrons. The van der Waals surface area contributed by atoms with E-state index in [0.717, 1.165) is 0 Å². The van der Waals surface area contributed by atoms with E-state index < -0.39 is 23.3 Å². The van der Waals surface area contributed by atoms with Crippen LogP contribution in [0.25, 0.3) is 22.3 Å². The summed E-state index contributed by atoms with van der Waals surface area (Å²) in [6.45, 7) is 0. The highest BCUT2D eigenvalue weighted by atomic mass is 16.5. The van der Waals surface area contributed by atoms with Gasteiger partial charge in [0.25, 0.3) is 0 Å². The minimum atomic E-state index is -1.08. The van der Waals surface area contributed by atoms with Crippen LogP contribution >= 0.6 is 0 Å². The SMILES string of the molecule is O=C1C[C@H](c2ccc(C(=O)O)cc2)c2c(cc(O)c3c(=O)cc(-c4ccc(O)cc4)oc23)O1. The van der Waals surface area contributed by atoms with Gasteiger partial charge in [-0.3, -0.25) is 9.59 Å². The molecule has 8 heteroatoms. The van der Waals surface area contributed by atoms with E-state index >= 15 is 0 Å². The van der Waals surface area contributed by atoms with Crippen LogP contribution in [0.3, 0.4) is 0 Å². The standard InChI is InChI=1S/C25H16O8/c26-15-7-5-13(6-8-15)19-10-17(27)23-18(28)11-20-22(24(23)33-19)16(9-21(29)32-20)12-1-3-14(4-2-12)25(30)31/h1-8,10-11,16,26,28H,9H2,(H,30,31)/t16-/m1/s1. The normalized spacial score (nSPS) is 15.2. The number of carboxylic acid groups (broad SMARTS) is 1. The quantitative estimate of drug-likeness (QED) is 0.319. The number of phenolic OH excluding ortho intramolecular Hbond substituents is 2. The number of rotatable bonds is 3. The van der Waals surface area contributed by atoms with Crippen LogP contribution in [-0.2, 0) is 4.79 Å². The van der Waals surface area contributed by atoms with Gasteiger partial charge < -0.3 is 24.5 Å². The van der Waals surface area contributed by atoms with Gasteiger partial charge in [-0.15, -0.1) is 0 Å². The van der Waals surface area contributed by atoms with Gasteiger partial charge in [0.2, 0.25) is 0 Å². The van der Waals surface area contributed by atoms with Gasteiger partial charge in [-0.05, 0) is 42.0 Å². The van der Waals surface area contributed by atoms with E-state index in [9.17, 15) is 29.7 Å². The average molecular weight is 444 g/mol. The van der Waals surface area contributed by atoms with Crippen molar-refractivity contribution in [2.75, 3.05) is 0 Å². The number of phenols is 2. The maximum atomic E-state index is 12.9. The third kappa shape index (κ3) is 3.47. The summed E-state index contributed by atoms with van der Waals surface area (Å²) in [6, 6.07) is 14.6. The second kappa shape index (κ2) is 7.52. The van der Waals surface area contributed by atoms with Crippen molar-refractivity contribution in [3.63, 3.8) is 0 Å². The van der Waals surface area contributed by atoms with Crippen molar-refractivity contribution in [2.45, 2.75) is 12.3 Å². The fourth-order valence-corrected chi connectivity index (χ4v) is 4.07. The summed E-state index contributed by atoms with van der Waals surface area (Å²) < 4.78 is 11.4. The number of carbonyl (C=O) groups is 2. The van der Waals surface area contributed by atoms with E-state index in [1.54, 1.807) is 24.3 Å². The molecule has 3 N–H and O–H groups in total. The van der Waals surface area contributed by atoms with Crippen LogP contribution in [0, 0.1) is 0 Å². The maximum Gasteiger partial charge on any atom is 0.335 e. The first kappa shape index (κ1) is 20.3. The molecule has 0 saturated heterocycles. The Morgan fingerprint density at radius 2 is 1.64 bits per heavy atom. The van der Waals surface area contributed by atoms with Crippen LogP contribution < -0.4 is 10.2 Å². The summed E-state index contributed by atoms with van der Waals surface area (Å²) in [4.78, 5) is 36.5. The average Bonchev–Trinajstić information content (AvgIpc) is 2.78. The predicted molar refractivity (Wildman–Crippen MR) is 117 cm³/mol. The number of hydrogen-bond acceptors (Lipinski definition) is 7. The number of esters is 1. The molecule has 0 bridgehead atoms. The van der Waals surface area contributed by atoms with Crippen LogP contribution in [-0.4, -0.2) is 27.3 Å². The lowest BCUT2D eigenvalue weighted by molar-refractivity contribution is -0.135. The molecule has 1 aliphatic heterocycles. The fourth-order valence-electron chi connectivity index (χ4n) is 4.07. The van der Waals surface area contributed by atoms with Crippen molar-refractivity contribution in [3.8, 4) is 28.6 Å². The molecule has 5 rings (SSSR count). The Bertz CT molecular complexity index is 1480. The smallest absolute Gasteiger partial charge is 0.335 e. The van der Waals surface area contributed by atoms with Gasteiger partial charge in [0.15, 0.2) is 5.43 Å². The predicted octanol–water partition coefficient (Wildman–Crippen LogP) is 4.01. The molecule has 0 unspecified atom stereocenters. The number of carbonyl (C=O) groups excluding carboxylic acids is 1. The molecule has 3 aromatic carbocycles. The van der Waals surface area contributed by atoms with E-state index in [0.29, 0.717) is 16.7 Å². The van der Waals surface area contributed by atoms with Crippen LogP contribution in [0.1, 0.15) is 33.8 Å². The number of hydrogen-bond donors (Lipinski definition) is 3. The van der Waals surface area contributed by atoms with Gasteiger partial charge in [0, 0.05) is 29.2 Å². The number of aromatic carboxylic acids is 1. The van der Waals surface area contributed by atoms with Crippen LogP contribution in [0.15, 0.2) is 69.9 Å². The minimum Gasteiger partial charge on any atom is -0.508 e. The Balaban J connectivity index is 1.77. The van der Waals surface area contributed by atoms with Gasteiger partial charge >= 0.3 is 11.9 Å². The van der Waals surface area contributed by atoms with Gasteiger partial charge in [-0.25, -0.2) is 4.79 Å². The van der Waals surface area contributed by atoms with Crippen molar-refractivity contribution < 1.29 is 34.1 Å². The zero-order valence-corrected chi connectivity index (χ0v) is 16.9. The highest BCUT2D eigenvalue weighted by Crippen LogP contribution is 2.46. The highest BCUT2D eigenvalue weighted by molar-refractivity contribution is 5.93. The number of aromatic hydroxyl groups is 2. The van der Waals surface area contributed by atoms with Crippen molar-refractivity contribution in [3.05, 3.63) is 87.6 Å². The first-order valence-corrected chi connectivity index (χ1v) is 9.99. The first-order chi connectivity index (χ1) is 15.8. The van der Waals surface area contributed by atoms with Crippen LogP contribution in [0.5, 0.6) is 17.2 Å². The first-order valence-electron chi connectivity index (χ1n) is 9.99. The van der Waals surface area contributed by atoms with E-state index in [1.165, 1.54) is 36.4 Å². The molecule has 33 heavy (non-hydrogen) atoms. The zero-order valence-electron chi connectivity index (χ0n) is 16.9. The molecule has 1 aliphatic rings. The Hall–Kier alpha value is -4.59. The zero-order chi connectivity index (χ0) is 23.3. The number of carboxylic acids is 1. The molecule has 0 aliphatic carbocycles. The fraction of sp³-hybridized carbons (Fsp3) is 0.0800. The largest absolute Gasteiger partial charge is 0.508 e. The van der Waals surface area contributed by atoms with Crippen molar-refractivity contribution in [1.82, 2.24) is 0 Å². The molecule has 0 radical (unpaired) electrons. The highest BCUT2D eigenvalue weighted by Gasteiger charge is 2.33. The molecule has 8 nitrogen and oxygen atoms in total. The maximum absolute atomic E-state index is 12.9. The third-order valence-corrected chi connectivity index (χ3v) is 5.64. The molecular weight excluding hydrogens is 428 g/mol. The molecule has 0 saturated carbocycles. The van der Waals surface area contributed by atoms with E-state index in [1.807, 2.05) is 0 Å². The number of ether oxygens (including phenoxy) is 1. The van der Waals surface area contributed by atoms with Crippen molar-refractivity contribution >= 4 is 22.9 Å². The van der Waals surface area contributed by atoms with E-state index in [-0.39, 0.29) is 46.0 Å². The van der Waals surface area contributed by atoms with Crippen LogP contribution in [0.4, 0.5) is 0 Å². The molecule has 0 fully saturated rings. The Morgan fingerprint density at radius 1 is 0.939 bits per heavy atom. The number of benzene rings is 3. The minimum absolute atomic E-state index is 0.0497. The lowest BCUT2D eigenvalue weighted by Gasteiger charge is -2.26.